The molecule has 8 heteroatoms. The molecule has 0 saturated carbocycles. The number of non-ortho nitro benzene ring substituents is 1. The summed E-state index contributed by atoms with van der Waals surface area (Å²) in [5.41, 5.74) is 2.72. The molecule has 0 aliphatic carbocycles. The van der Waals surface area contributed by atoms with Crippen molar-refractivity contribution in [1.82, 2.24) is 4.90 Å². The highest BCUT2D eigenvalue weighted by Gasteiger charge is 2.35. The summed E-state index contributed by atoms with van der Waals surface area (Å²) in [5, 5.41) is 19.4. The van der Waals surface area contributed by atoms with Crippen LogP contribution >= 0.6 is 11.8 Å². The van der Waals surface area contributed by atoms with E-state index in [1.807, 2.05) is 38.1 Å². The Morgan fingerprint density at radius 1 is 1.26 bits per heavy atom. The fourth-order valence-electron chi connectivity index (χ4n) is 2.63. The van der Waals surface area contributed by atoms with Crippen LogP contribution in [0.4, 0.5) is 5.69 Å². The lowest BCUT2D eigenvalue weighted by Gasteiger charge is -2.16. The first-order chi connectivity index (χ1) is 13.0. The highest BCUT2D eigenvalue weighted by molar-refractivity contribution is 8.15. The molecule has 1 saturated heterocycles. The number of hydrogen-bond donors (Lipinski definition) is 0. The Morgan fingerprint density at radius 2 is 2.04 bits per heavy atom. The number of thioether (sulfide) groups is 1. The van der Waals surface area contributed by atoms with Gasteiger partial charge in [0, 0.05) is 17.7 Å². The first-order valence-corrected chi connectivity index (χ1v) is 9.21. The van der Waals surface area contributed by atoms with E-state index in [1.165, 1.54) is 30.1 Å². The molecular weight excluding hydrogens is 364 g/mol. The normalized spacial score (nSPS) is 18.6. The molecule has 2 aromatic carbocycles. The average molecular weight is 382 g/mol. The molecule has 0 radical (unpaired) electrons. The Labute approximate surface area is 160 Å². The number of amidine groups is 1. The summed E-state index contributed by atoms with van der Waals surface area (Å²) in [6.45, 7) is 4.28. The Hall–Kier alpha value is -3.00. The lowest BCUT2D eigenvalue weighted by atomic mass is 10.1. The highest BCUT2D eigenvalue weighted by atomic mass is 32.2. The summed E-state index contributed by atoms with van der Waals surface area (Å²) in [5.74, 6) is -0.00690. The van der Waals surface area contributed by atoms with Crippen molar-refractivity contribution in [3.63, 3.8) is 0 Å². The lowest BCUT2D eigenvalue weighted by molar-refractivity contribution is -0.384. The molecule has 138 valence electrons. The molecule has 27 heavy (non-hydrogen) atoms. The van der Waals surface area contributed by atoms with Crippen LogP contribution in [0.15, 0.2) is 58.7 Å². The number of aryl methyl sites for hydroxylation is 1. The molecule has 0 spiro atoms. The van der Waals surface area contributed by atoms with Crippen molar-refractivity contribution >= 4 is 34.7 Å². The van der Waals surface area contributed by atoms with E-state index in [2.05, 4.69) is 10.2 Å². The first kappa shape index (κ1) is 18.8. The van der Waals surface area contributed by atoms with Crippen LogP contribution in [-0.2, 0) is 11.3 Å². The Kier molecular flexibility index (Phi) is 5.66. The molecule has 0 N–H and O–H groups in total. The van der Waals surface area contributed by atoms with Gasteiger partial charge in [-0.25, -0.2) is 0 Å². The molecule has 0 aromatic heterocycles. The molecule has 1 heterocycles. The maximum Gasteiger partial charge on any atom is 0.270 e. The number of rotatable bonds is 5. The quantitative estimate of drug-likeness (QED) is 0.447. The third-order valence-corrected chi connectivity index (χ3v) is 5.22. The summed E-state index contributed by atoms with van der Waals surface area (Å²) >= 11 is 1.35. The average Bonchev–Trinajstić information content (AvgIpc) is 2.91. The fourth-order valence-corrected chi connectivity index (χ4v) is 3.55. The maximum absolute atomic E-state index is 12.5. The van der Waals surface area contributed by atoms with Gasteiger partial charge in [-0.05, 0) is 25.0 Å². The predicted molar refractivity (Wildman–Crippen MR) is 107 cm³/mol. The lowest BCUT2D eigenvalue weighted by Crippen LogP contribution is -2.31. The van der Waals surface area contributed by atoms with Crippen molar-refractivity contribution in [2.75, 3.05) is 0 Å². The monoisotopic (exact) mass is 382 g/mol. The number of hydrogen-bond acceptors (Lipinski definition) is 6. The molecule has 1 aliphatic rings. The molecule has 1 unspecified atom stereocenters. The zero-order valence-corrected chi connectivity index (χ0v) is 15.7. The standard InChI is InChI=1S/C19H18N4O3S/c1-13-6-3-4-8-16(13)12-22-18(24)14(2)27-19(22)21-20-11-15-7-5-9-17(10-15)23(25)26/h3-11,14H,12H2,1-2H3/b20-11+,21-19+. The van der Waals surface area contributed by atoms with E-state index in [0.717, 1.165) is 11.1 Å². The zero-order valence-electron chi connectivity index (χ0n) is 14.9. The third-order valence-electron chi connectivity index (χ3n) is 4.15. The number of nitrogens with zero attached hydrogens (tertiary/aromatic N) is 4. The van der Waals surface area contributed by atoms with Crippen molar-refractivity contribution < 1.29 is 9.72 Å². The Bertz CT molecular complexity index is 942. The van der Waals surface area contributed by atoms with Crippen LogP contribution in [0.25, 0.3) is 0 Å². The van der Waals surface area contributed by atoms with Crippen molar-refractivity contribution in [3.05, 3.63) is 75.3 Å². The van der Waals surface area contributed by atoms with Crippen LogP contribution in [-0.4, -0.2) is 32.4 Å². The largest absolute Gasteiger partial charge is 0.284 e. The summed E-state index contributed by atoms with van der Waals surface area (Å²) in [6, 6.07) is 14.0. The number of nitro groups is 1. The molecule has 2 aromatic rings. The fraction of sp³-hybridized carbons (Fsp3) is 0.211. The first-order valence-electron chi connectivity index (χ1n) is 8.33. The van der Waals surface area contributed by atoms with Crippen molar-refractivity contribution in [2.45, 2.75) is 25.6 Å². The molecule has 1 atom stereocenters. The van der Waals surface area contributed by atoms with Crippen LogP contribution in [0.5, 0.6) is 0 Å². The van der Waals surface area contributed by atoms with Gasteiger partial charge >= 0.3 is 0 Å². The zero-order chi connectivity index (χ0) is 19.4. The molecule has 1 amide bonds. The summed E-state index contributed by atoms with van der Waals surface area (Å²) in [7, 11) is 0. The van der Waals surface area contributed by atoms with Gasteiger partial charge in [-0.15, -0.1) is 5.10 Å². The van der Waals surface area contributed by atoms with Gasteiger partial charge < -0.3 is 0 Å². The second-order valence-corrected chi connectivity index (χ2v) is 7.40. The summed E-state index contributed by atoms with van der Waals surface area (Å²) < 4.78 is 0. The van der Waals surface area contributed by atoms with Crippen LogP contribution in [0, 0.1) is 17.0 Å². The van der Waals surface area contributed by atoms with Gasteiger partial charge in [0.1, 0.15) is 0 Å². The summed E-state index contributed by atoms with van der Waals surface area (Å²) in [4.78, 5) is 24.5. The third kappa shape index (κ3) is 4.40. The van der Waals surface area contributed by atoms with E-state index < -0.39 is 4.92 Å². The number of carbonyl (C=O) groups is 1. The second kappa shape index (κ2) is 8.13. The molecule has 3 rings (SSSR count). The van der Waals surface area contributed by atoms with Crippen molar-refractivity contribution in [3.8, 4) is 0 Å². The SMILES string of the molecule is Cc1ccccc1CN1C(=O)C(C)S/C1=N/N=C/c1cccc([N+](=O)[O-])c1. The molecule has 1 aliphatic heterocycles. The highest BCUT2D eigenvalue weighted by Crippen LogP contribution is 2.29. The van der Waals surface area contributed by atoms with Gasteiger partial charge in [-0.3, -0.25) is 19.8 Å². The van der Waals surface area contributed by atoms with E-state index >= 15 is 0 Å². The molecule has 1 fully saturated rings. The van der Waals surface area contributed by atoms with Crippen LogP contribution in [0.3, 0.4) is 0 Å². The number of benzene rings is 2. The van der Waals surface area contributed by atoms with Crippen LogP contribution in [0.2, 0.25) is 0 Å². The van der Waals surface area contributed by atoms with E-state index in [4.69, 9.17) is 0 Å². The Morgan fingerprint density at radius 3 is 2.78 bits per heavy atom. The molecular formula is C19H18N4O3S. The smallest absolute Gasteiger partial charge is 0.270 e. The number of amides is 1. The van der Waals surface area contributed by atoms with Crippen molar-refractivity contribution in [1.29, 1.82) is 0 Å². The van der Waals surface area contributed by atoms with Crippen molar-refractivity contribution in [2.24, 2.45) is 10.2 Å². The summed E-state index contributed by atoms with van der Waals surface area (Å²) in [6.07, 6.45) is 1.44. The molecule has 0 bridgehead atoms. The minimum absolute atomic E-state index is 0.00690. The molecule has 7 nitrogen and oxygen atoms in total. The number of carbonyl (C=O) groups excluding carboxylic acids is 1. The van der Waals surface area contributed by atoms with Crippen LogP contribution < -0.4 is 0 Å². The van der Waals surface area contributed by atoms with Gasteiger partial charge in [-0.2, -0.15) is 5.10 Å². The van der Waals surface area contributed by atoms with E-state index in [0.29, 0.717) is 17.3 Å². The van der Waals surface area contributed by atoms with E-state index in [-0.39, 0.29) is 16.8 Å². The second-order valence-electron chi connectivity index (χ2n) is 6.09. The predicted octanol–water partition coefficient (Wildman–Crippen LogP) is 3.76. The van der Waals surface area contributed by atoms with Gasteiger partial charge in [0.05, 0.1) is 22.9 Å². The Balaban J connectivity index is 1.81. The van der Waals surface area contributed by atoms with Gasteiger partial charge in [-0.1, -0.05) is 48.2 Å². The van der Waals surface area contributed by atoms with Gasteiger partial charge in [0.2, 0.25) is 5.91 Å². The van der Waals surface area contributed by atoms with Gasteiger partial charge in [0.15, 0.2) is 5.17 Å². The van der Waals surface area contributed by atoms with Gasteiger partial charge in [0.25, 0.3) is 5.69 Å². The minimum Gasteiger partial charge on any atom is -0.284 e. The topological polar surface area (TPSA) is 88.2 Å². The van der Waals surface area contributed by atoms with E-state index in [9.17, 15) is 14.9 Å². The number of nitro benzene ring substituents is 1. The maximum atomic E-state index is 12.5. The van der Waals surface area contributed by atoms with Crippen LogP contribution in [0.1, 0.15) is 23.6 Å². The minimum atomic E-state index is -0.458. The van der Waals surface area contributed by atoms with E-state index in [1.54, 1.807) is 17.0 Å².